The Morgan fingerprint density at radius 3 is 1.96 bits per heavy atom. The maximum absolute atomic E-state index is 12.5. The van der Waals surface area contributed by atoms with Crippen molar-refractivity contribution in [3.63, 3.8) is 0 Å². The first-order valence-corrected chi connectivity index (χ1v) is 8.28. The molecule has 0 rings (SSSR count). The van der Waals surface area contributed by atoms with Crippen LogP contribution in [0.1, 0.15) is 47.5 Å². The number of hydrogen-bond donors (Lipinski definition) is 5. The molecule has 0 aliphatic carbocycles. The molecule has 0 aromatic heterocycles. The molecule has 0 fully saturated rings. The highest BCUT2D eigenvalue weighted by atomic mass is 16.4. The van der Waals surface area contributed by atoms with E-state index in [0.29, 0.717) is 6.42 Å². The van der Waals surface area contributed by atoms with Gasteiger partial charge < -0.3 is 26.6 Å². The Balaban J connectivity index is 5.13. The topological polar surface area (TPSA) is 142 Å². The van der Waals surface area contributed by atoms with Crippen molar-refractivity contribution in [3.8, 4) is 0 Å². The van der Waals surface area contributed by atoms with E-state index < -0.39 is 42.0 Å². The van der Waals surface area contributed by atoms with E-state index in [1.54, 1.807) is 6.92 Å². The van der Waals surface area contributed by atoms with Gasteiger partial charge in [-0.05, 0) is 25.2 Å². The molecule has 0 saturated heterocycles. The first kappa shape index (κ1) is 22.3. The highest BCUT2D eigenvalue weighted by Crippen LogP contribution is 2.11. The molecular formula is C16H31N3O5. The first-order valence-electron chi connectivity index (χ1n) is 8.28. The predicted molar refractivity (Wildman–Crippen MR) is 90.1 cm³/mol. The van der Waals surface area contributed by atoms with E-state index in [0.717, 1.165) is 0 Å². The van der Waals surface area contributed by atoms with Crippen molar-refractivity contribution in [1.29, 1.82) is 0 Å². The highest BCUT2D eigenvalue weighted by molar-refractivity contribution is 5.92. The second-order valence-corrected chi connectivity index (χ2v) is 6.67. The minimum Gasteiger partial charge on any atom is -0.480 e. The molecule has 0 radical (unpaired) electrons. The summed E-state index contributed by atoms with van der Waals surface area (Å²) in [6.45, 7) is 8.73. The molecule has 2 amide bonds. The number of rotatable bonds is 10. The molecule has 8 nitrogen and oxygen atoms in total. The number of aliphatic hydroxyl groups is 1. The van der Waals surface area contributed by atoms with Gasteiger partial charge >= 0.3 is 5.97 Å². The molecule has 0 aliphatic heterocycles. The van der Waals surface area contributed by atoms with Crippen LogP contribution < -0.4 is 16.4 Å². The van der Waals surface area contributed by atoms with Gasteiger partial charge in [0.1, 0.15) is 18.1 Å². The summed E-state index contributed by atoms with van der Waals surface area (Å²) < 4.78 is 0. The lowest BCUT2D eigenvalue weighted by Crippen LogP contribution is -2.58. The fourth-order valence-electron chi connectivity index (χ4n) is 2.12. The van der Waals surface area contributed by atoms with Gasteiger partial charge in [0.2, 0.25) is 11.8 Å². The molecule has 0 aliphatic rings. The molecule has 6 N–H and O–H groups in total. The van der Waals surface area contributed by atoms with Crippen LogP contribution in [0.3, 0.4) is 0 Å². The molecule has 0 aromatic carbocycles. The molecule has 0 heterocycles. The third kappa shape index (κ3) is 7.27. The van der Waals surface area contributed by atoms with Crippen LogP contribution in [0.2, 0.25) is 0 Å². The Morgan fingerprint density at radius 2 is 1.58 bits per heavy atom. The van der Waals surface area contributed by atoms with Gasteiger partial charge in [-0.2, -0.15) is 0 Å². The van der Waals surface area contributed by atoms with Gasteiger partial charge in [-0.1, -0.05) is 34.1 Å². The number of carbonyl (C=O) groups is 3. The summed E-state index contributed by atoms with van der Waals surface area (Å²) in [6, 6.07) is -3.09. The van der Waals surface area contributed by atoms with Crippen LogP contribution >= 0.6 is 0 Å². The fraction of sp³-hybridized carbons (Fsp3) is 0.812. The molecule has 5 atom stereocenters. The van der Waals surface area contributed by atoms with Crippen LogP contribution in [0.5, 0.6) is 0 Å². The molecule has 24 heavy (non-hydrogen) atoms. The fourth-order valence-corrected chi connectivity index (χ4v) is 2.12. The number of carbonyl (C=O) groups excluding carboxylic acids is 2. The molecule has 8 heteroatoms. The molecule has 0 bridgehead atoms. The number of aliphatic hydroxyl groups excluding tert-OH is 1. The number of nitrogens with two attached hydrogens (primary N) is 1. The van der Waals surface area contributed by atoms with Crippen LogP contribution in [0.15, 0.2) is 0 Å². The van der Waals surface area contributed by atoms with Gasteiger partial charge in [-0.15, -0.1) is 0 Å². The maximum atomic E-state index is 12.5. The summed E-state index contributed by atoms with van der Waals surface area (Å²) in [4.78, 5) is 35.8. The van der Waals surface area contributed by atoms with Crippen molar-refractivity contribution < 1.29 is 24.6 Å². The number of carboxylic acids is 1. The zero-order chi connectivity index (χ0) is 19.0. The normalized spacial score (nSPS) is 17.5. The van der Waals surface area contributed by atoms with Crippen molar-refractivity contribution >= 4 is 17.8 Å². The molecular weight excluding hydrogens is 314 g/mol. The van der Waals surface area contributed by atoms with Gasteiger partial charge in [0.15, 0.2) is 0 Å². The Kier molecular flexibility index (Phi) is 9.53. The van der Waals surface area contributed by atoms with Crippen LogP contribution in [-0.4, -0.2) is 52.2 Å². The Morgan fingerprint density at radius 1 is 1.04 bits per heavy atom. The molecule has 0 unspecified atom stereocenters. The maximum Gasteiger partial charge on any atom is 0.326 e. The zero-order valence-electron chi connectivity index (χ0n) is 15.1. The number of amides is 2. The SMILES string of the molecule is CC[C@H](C)[C@H](NC(=O)[C@@H](N)[C@@H](C)O)C(=O)N[C@@H](CC(C)C)C(=O)O. The Hall–Kier alpha value is -1.67. The van der Waals surface area contributed by atoms with Gasteiger partial charge in [0, 0.05) is 0 Å². The largest absolute Gasteiger partial charge is 0.480 e. The van der Waals surface area contributed by atoms with Crippen LogP contribution in [0.25, 0.3) is 0 Å². The summed E-state index contributed by atoms with van der Waals surface area (Å²) >= 11 is 0. The predicted octanol–water partition coefficient (Wildman–Crippen LogP) is -0.159. The summed E-state index contributed by atoms with van der Waals surface area (Å²) in [6.07, 6.45) is -0.169. The molecule has 0 saturated carbocycles. The van der Waals surface area contributed by atoms with E-state index in [1.165, 1.54) is 6.92 Å². The van der Waals surface area contributed by atoms with Gasteiger partial charge in [0.05, 0.1) is 6.10 Å². The van der Waals surface area contributed by atoms with Gasteiger partial charge in [-0.25, -0.2) is 4.79 Å². The summed E-state index contributed by atoms with van der Waals surface area (Å²) in [5.41, 5.74) is 5.58. The molecule has 140 valence electrons. The smallest absolute Gasteiger partial charge is 0.326 e. The summed E-state index contributed by atoms with van der Waals surface area (Å²) in [5, 5.41) is 23.6. The zero-order valence-corrected chi connectivity index (χ0v) is 15.1. The minimum atomic E-state index is -1.16. The van der Waals surface area contributed by atoms with E-state index in [1.807, 2.05) is 20.8 Å². The van der Waals surface area contributed by atoms with Crippen LogP contribution in [0.4, 0.5) is 0 Å². The first-order chi connectivity index (χ1) is 11.0. The average molecular weight is 345 g/mol. The second kappa shape index (κ2) is 10.2. The van der Waals surface area contributed by atoms with Crippen molar-refractivity contribution in [2.45, 2.75) is 71.7 Å². The quantitative estimate of drug-likeness (QED) is 0.372. The Labute approximate surface area is 143 Å². The van der Waals surface area contributed by atoms with Gasteiger partial charge in [0.25, 0.3) is 0 Å². The van der Waals surface area contributed by atoms with E-state index in [2.05, 4.69) is 10.6 Å². The van der Waals surface area contributed by atoms with Crippen molar-refractivity contribution in [2.75, 3.05) is 0 Å². The van der Waals surface area contributed by atoms with E-state index in [-0.39, 0.29) is 18.3 Å². The van der Waals surface area contributed by atoms with Crippen LogP contribution in [-0.2, 0) is 14.4 Å². The third-order valence-corrected chi connectivity index (χ3v) is 3.94. The van der Waals surface area contributed by atoms with Crippen molar-refractivity contribution in [2.24, 2.45) is 17.6 Å². The average Bonchev–Trinajstić information content (AvgIpc) is 2.49. The van der Waals surface area contributed by atoms with E-state index in [4.69, 9.17) is 5.73 Å². The number of carboxylic acid groups (broad SMARTS) is 1. The summed E-state index contributed by atoms with van der Waals surface area (Å²) in [7, 11) is 0. The van der Waals surface area contributed by atoms with Gasteiger partial charge in [-0.3, -0.25) is 9.59 Å². The van der Waals surface area contributed by atoms with E-state index >= 15 is 0 Å². The standard InChI is InChI=1S/C16H31N3O5/c1-6-9(4)13(19-14(21)12(17)10(5)20)15(22)18-11(16(23)24)7-8(2)3/h8-13,20H,6-7,17H2,1-5H3,(H,18,22)(H,19,21)(H,23,24)/t9-,10+,11-,12-,13-/m0/s1. The monoisotopic (exact) mass is 345 g/mol. The minimum absolute atomic E-state index is 0.0895. The molecule has 0 aromatic rings. The highest BCUT2D eigenvalue weighted by Gasteiger charge is 2.31. The van der Waals surface area contributed by atoms with Crippen LogP contribution in [0, 0.1) is 11.8 Å². The second-order valence-electron chi connectivity index (χ2n) is 6.67. The lowest BCUT2D eigenvalue weighted by molar-refractivity contribution is -0.143. The third-order valence-electron chi connectivity index (χ3n) is 3.94. The van der Waals surface area contributed by atoms with Crippen molar-refractivity contribution in [1.82, 2.24) is 10.6 Å². The number of hydrogen-bond acceptors (Lipinski definition) is 5. The molecule has 0 spiro atoms. The number of aliphatic carboxylic acids is 1. The van der Waals surface area contributed by atoms with E-state index in [9.17, 15) is 24.6 Å². The van der Waals surface area contributed by atoms with Crippen molar-refractivity contribution in [3.05, 3.63) is 0 Å². The lowest BCUT2D eigenvalue weighted by atomic mass is 9.96. The lowest BCUT2D eigenvalue weighted by Gasteiger charge is -2.27. The Bertz CT molecular complexity index is 439. The number of nitrogens with one attached hydrogen (secondary N) is 2. The summed E-state index contributed by atoms with van der Waals surface area (Å²) in [5.74, 6) is -2.47.